The number of aliphatic hydroxyl groups excluding tert-OH is 1. The van der Waals surface area contributed by atoms with E-state index in [0.29, 0.717) is 12.6 Å². The van der Waals surface area contributed by atoms with Crippen LogP contribution >= 0.6 is 0 Å². The van der Waals surface area contributed by atoms with E-state index in [0.717, 1.165) is 19.7 Å². The predicted molar refractivity (Wildman–Crippen MR) is 56.2 cm³/mol. The second-order valence-corrected chi connectivity index (χ2v) is 3.76. The van der Waals surface area contributed by atoms with Crippen molar-refractivity contribution in [2.75, 3.05) is 26.3 Å². The van der Waals surface area contributed by atoms with Gasteiger partial charge in [0.25, 0.3) is 0 Å². The molecular formula is C12H15NO2. The Hall–Kier alpha value is -1.08. The van der Waals surface area contributed by atoms with E-state index in [1.807, 2.05) is 18.2 Å². The molecule has 0 bridgehead atoms. The summed E-state index contributed by atoms with van der Waals surface area (Å²) in [5, 5.41) is 8.95. The van der Waals surface area contributed by atoms with Gasteiger partial charge in [-0.2, -0.15) is 0 Å². The van der Waals surface area contributed by atoms with Gasteiger partial charge >= 0.3 is 0 Å². The third kappa shape index (κ3) is 3.52. The number of ether oxygens (including phenoxy) is 1. The van der Waals surface area contributed by atoms with Crippen molar-refractivity contribution in [3.63, 3.8) is 0 Å². The fourth-order valence-corrected chi connectivity index (χ4v) is 1.57. The second kappa shape index (κ2) is 5.13. The smallest absolute Gasteiger partial charge is 0.0936 e. The van der Waals surface area contributed by atoms with Crippen molar-refractivity contribution >= 4 is 0 Å². The van der Waals surface area contributed by atoms with Gasteiger partial charge in [-0.3, -0.25) is 4.90 Å². The quantitative estimate of drug-likeness (QED) is 0.686. The summed E-state index contributed by atoms with van der Waals surface area (Å²) >= 11 is 0. The minimum Gasteiger partial charge on any atom is -0.395 e. The Morgan fingerprint density at radius 2 is 2.40 bits per heavy atom. The maximum atomic E-state index is 8.95. The van der Waals surface area contributed by atoms with Crippen LogP contribution < -0.4 is 0 Å². The maximum Gasteiger partial charge on any atom is 0.0936 e. The molecule has 80 valence electrons. The van der Waals surface area contributed by atoms with E-state index < -0.39 is 0 Å². The number of nitrogens with zero attached hydrogens (tertiary/aromatic N) is 1. The van der Waals surface area contributed by atoms with E-state index in [4.69, 9.17) is 9.84 Å². The van der Waals surface area contributed by atoms with Gasteiger partial charge < -0.3 is 9.84 Å². The van der Waals surface area contributed by atoms with Gasteiger partial charge in [-0.05, 0) is 23.8 Å². The molecule has 15 heavy (non-hydrogen) atoms. The molecule has 0 amide bonds. The Morgan fingerprint density at radius 1 is 1.53 bits per heavy atom. The zero-order valence-electron chi connectivity index (χ0n) is 8.65. The number of aliphatic hydroxyl groups is 1. The van der Waals surface area contributed by atoms with Gasteiger partial charge in [0.05, 0.1) is 19.3 Å². The molecule has 0 radical (unpaired) electrons. The summed E-state index contributed by atoms with van der Waals surface area (Å²) in [6.45, 7) is 3.48. The molecule has 3 nitrogen and oxygen atoms in total. The lowest BCUT2D eigenvalue weighted by molar-refractivity contribution is 0.178. The van der Waals surface area contributed by atoms with Crippen LogP contribution in [0, 0.1) is 12.1 Å². The first-order valence-electron chi connectivity index (χ1n) is 5.20. The molecule has 1 aromatic carbocycles. The van der Waals surface area contributed by atoms with Crippen molar-refractivity contribution in [2.24, 2.45) is 0 Å². The summed E-state index contributed by atoms with van der Waals surface area (Å²) in [5.74, 6) is 0. The van der Waals surface area contributed by atoms with E-state index in [9.17, 15) is 0 Å². The second-order valence-electron chi connectivity index (χ2n) is 3.76. The molecule has 0 unspecified atom stereocenters. The van der Waals surface area contributed by atoms with Crippen LogP contribution in [0.4, 0.5) is 0 Å². The van der Waals surface area contributed by atoms with Gasteiger partial charge in [0, 0.05) is 19.6 Å². The first kappa shape index (κ1) is 10.4. The van der Waals surface area contributed by atoms with Gasteiger partial charge in [0.15, 0.2) is 0 Å². The van der Waals surface area contributed by atoms with Gasteiger partial charge in [-0.25, -0.2) is 0 Å². The van der Waals surface area contributed by atoms with Crippen molar-refractivity contribution in [3.8, 4) is 0 Å². The third-order valence-corrected chi connectivity index (χ3v) is 2.41. The molecule has 0 aromatic heterocycles. The first-order chi connectivity index (χ1) is 7.38. The van der Waals surface area contributed by atoms with Crippen LogP contribution in [-0.4, -0.2) is 42.4 Å². The number of hydrogen-bond acceptors (Lipinski definition) is 3. The highest BCUT2D eigenvalue weighted by molar-refractivity contribution is 5.09. The fourth-order valence-electron chi connectivity index (χ4n) is 1.57. The molecule has 1 atom stereocenters. The van der Waals surface area contributed by atoms with Gasteiger partial charge in [-0.15, -0.1) is 0 Å². The van der Waals surface area contributed by atoms with E-state index in [1.165, 1.54) is 5.56 Å². The van der Waals surface area contributed by atoms with Crippen molar-refractivity contribution in [1.29, 1.82) is 0 Å². The molecule has 1 saturated heterocycles. The lowest BCUT2D eigenvalue weighted by atomic mass is 10.2. The lowest BCUT2D eigenvalue weighted by Gasteiger charge is -2.19. The van der Waals surface area contributed by atoms with Crippen molar-refractivity contribution in [1.82, 2.24) is 4.90 Å². The molecule has 3 heteroatoms. The molecule has 0 aliphatic carbocycles. The Labute approximate surface area is 90.3 Å². The fraction of sp³-hybridized carbons (Fsp3) is 0.500. The monoisotopic (exact) mass is 205 g/mol. The normalized spacial score (nSPS) is 18.9. The number of hydrogen-bond donors (Lipinski definition) is 1. The Bertz CT molecular complexity index is 285. The molecule has 1 heterocycles. The molecule has 1 aliphatic heterocycles. The first-order valence-corrected chi connectivity index (χ1v) is 5.20. The van der Waals surface area contributed by atoms with Crippen LogP contribution in [0.5, 0.6) is 0 Å². The summed E-state index contributed by atoms with van der Waals surface area (Å²) < 4.78 is 5.19. The van der Waals surface area contributed by atoms with Gasteiger partial charge in [-0.1, -0.05) is 12.1 Å². The summed E-state index contributed by atoms with van der Waals surface area (Å²) in [4.78, 5) is 2.20. The molecule has 1 aromatic rings. The Balaban J connectivity index is 1.87. The average molecular weight is 205 g/mol. The molecule has 1 fully saturated rings. The topological polar surface area (TPSA) is 36.0 Å². The highest BCUT2D eigenvalue weighted by Crippen LogP contribution is 2.12. The molecule has 0 spiro atoms. The van der Waals surface area contributed by atoms with E-state index in [-0.39, 0.29) is 6.61 Å². The molecule has 1 N–H and O–H groups in total. The van der Waals surface area contributed by atoms with Crippen molar-refractivity contribution < 1.29 is 9.84 Å². The summed E-state index contributed by atoms with van der Waals surface area (Å²) in [5.41, 5.74) is 1.20. The van der Waals surface area contributed by atoms with Crippen LogP contribution in [0.3, 0.4) is 0 Å². The van der Waals surface area contributed by atoms with Gasteiger partial charge in [0.1, 0.15) is 0 Å². The molecular weight excluding hydrogens is 190 g/mol. The molecule has 2 rings (SSSR count). The third-order valence-electron chi connectivity index (χ3n) is 2.41. The summed E-state index contributed by atoms with van der Waals surface area (Å²) in [6, 6.07) is 11.6. The van der Waals surface area contributed by atoms with E-state index in [2.05, 4.69) is 17.0 Å². The highest BCUT2D eigenvalue weighted by Gasteiger charge is 2.25. The minimum atomic E-state index is 0.190. The van der Waals surface area contributed by atoms with E-state index >= 15 is 0 Å². The standard InChI is InChI=1S/C12H15NO2/c14-7-6-13(9-12-10-15-12)8-11-4-2-1-3-5-11/h2,4-5,12,14H,6-10H2/t12-/m0/s1. The van der Waals surface area contributed by atoms with Crippen LogP contribution in [0.1, 0.15) is 5.56 Å². The van der Waals surface area contributed by atoms with Crippen LogP contribution in [0.25, 0.3) is 0 Å². The summed E-state index contributed by atoms with van der Waals surface area (Å²) in [6.07, 6.45) is 0.371. The van der Waals surface area contributed by atoms with Crippen molar-refractivity contribution in [2.45, 2.75) is 12.6 Å². The highest BCUT2D eigenvalue weighted by atomic mass is 16.6. The van der Waals surface area contributed by atoms with Gasteiger partial charge in [0.2, 0.25) is 0 Å². The average Bonchev–Trinajstić information content (AvgIpc) is 3.03. The largest absolute Gasteiger partial charge is 0.395 e. The zero-order chi connectivity index (χ0) is 10.5. The van der Waals surface area contributed by atoms with E-state index in [1.54, 1.807) is 0 Å². The zero-order valence-corrected chi connectivity index (χ0v) is 8.65. The number of epoxide rings is 1. The SMILES string of the molecule is OCCN(Cc1cc#ccc1)C[C@H]1CO1. The van der Waals surface area contributed by atoms with Crippen molar-refractivity contribution in [3.05, 3.63) is 35.9 Å². The molecule has 1 aliphatic rings. The Morgan fingerprint density at radius 3 is 3.00 bits per heavy atom. The minimum absolute atomic E-state index is 0.190. The summed E-state index contributed by atoms with van der Waals surface area (Å²) in [7, 11) is 0. The van der Waals surface area contributed by atoms with Crippen LogP contribution in [0.15, 0.2) is 18.2 Å². The lowest BCUT2D eigenvalue weighted by Crippen LogP contribution is -2.30. The predicted octanol–water partition coefficient (Wildman–Crippen LogP) is 0.480. The Kier molecular flexibility index (Phi) is 3.57. The van der Waals surface area contributed by atoms with Crippen LogP contribution in [0.2, 0.25) is 0 Å². The number of rotatable bonds is 6. The molecule has 0 saturated carbocycles. The van der Waals surface area contributed by atoms with Crippen LogP contribution in [-0.2, 0) is 11.3 Å². The maximum absolute atomic E-state index is 8.95.